The molecule has 0 spiro atoms. The molecule has 0 atom stereocenters. The molecule has 6 heteroatoms. The van der Waals surface area contributed by atoms with Gasteiger partial charge in [-0.1, -0.05) is 23.2 Å². The molecule has 22 heavy (non-hydrogen) atoms. The lowest BCUT2D eigenvalue weighted by Crippen LogP contribution is -2.11. The molecule has 2 rings (SSSR count). The Bertz CT molecular complexity index is 649. The molecule has 0 heterocycles. The van der Waals surface area contributed by atoms with Gasteiger partial charge in [-0.05, 0) is 54.6 Å². The van der Waals surface area contributed by atoms with Gasteiger partial charge in [0.25, 0.3) is 0 Å². The first-order valence-electron chi connectivity index (χ1n) is 6.68. The topological polar surface area (TPSA) is 29.1 Å². The smallest absolute Gasteiger partial charge is 0.224 e. The number of thioether (sulfide) groups is 1. The second-order valence-corrected chi connectivity index (χ2v) is 6.59. The number of nitrogens with one attached hydrogen (secondary N) is 1. The van der Waals surface area contributed by atoms with Gasteiger partial charge in [0.05, 0.1) is 5.02 Å². The van der Waals surface area contributed by atoms with Crippen molar-refractivity contribution in [2.24, 2.45) is 0 Å². The molecular weight excluding hydrogens is 344 g/mol. The summed E-state index contributed by atoms with van der Waals surface area (Å²) in [5.41, 5.74) is 0.502. The van der Waals surface area contributed by atoms with Crippen molar-refractivity contribution >= 4 is 46.6 Å². The average molecular weight is 358 g/mol. The van der Waals surface area contributed by atoms with E-state index < -0.39 is 5.82 Å². The number of halogens is 3. The Morgan fingerprint density at radius 2 is 1.86 bits per heavy atom. The van der Waals surface area contributed by atoms with Crippen LogP contribution in [-0.2, 0) is 4.79 Å². The first kappa shape index (κ1) is 17.1. The molecule has 0 saturated carbocycles. The third kappa shape index (κ3) is 5.52. The third-order valence-electron chi connectivity index (χ3n) is 2.83. The predicted molar refractivity (Wildman–Crippen MR) is 91.4 cm³/mol. The number of hydrogen-bond donors (Lipinski definition) is 1. The minimum atomic E-state index is -0.501. The molecule has 0 unspecified atom stereocenters. The van der Waals surface area contributed by atoms with Crippen LogP contribution in [0.1, 0.15) is 12.8 Å². The van der Waals surface area contributed by atoms with Gasteiger partial charge in [0.1, 0.15) is 5.82 Å². The van der Waals surface area contributed by atoms with Gasteiger partial charge in [-0.2, -0.15) is 0 Å². The van der Waals surface area contributed by atoms with E-state index in [1.54, 1.807) is 11.8 Å². The van der Waals surface area contributed by atoms with E-state index in [0.717, 1.165) is 17.1 Å². The highest BCUT2D eigenvalue weighted by molar-refractivity contribution is 7.99. The molecule has 0 fully saturated rings. The van der Waals surface area contributed by atoms with Crippen molar-refractivity contribution in [2.75, 3.05) is 11.1 Å². The van der Waals surface area contributed by atoms with Crippen LogP contribution in [0, 0.1) is 5.82 Å². The molecule has 0 aliphatic carbocycles. The summed E-state index contributed by atoms with van der Waals surface area (Å²) >= 11 is 13.2. The Morgan fingerprint density at radius 1 is 1.14 bits per heavy atom. The number of amides is 1. The fourth-order valence-corrected chi connectivity index (χ4v) is 2.91. The largest absolute Gasteiger partial charge is 0.326 e. The van der Waals surface area contributed by atoms with E-state index in [4.69, 9.17) is 23.2 Å². The average Bonchev–Trinajstić information content (AvgIpc) is 2.49. The van der Waals surface area contributed by atoms with Crippen LogP contribution in [-0.4, -0.2) is 11.7 Å². The zero-order valence-corrected chi connectivity index (χ0v) is 13.9. The monoisotopic (exact) mass is 357 g/mol. The van der Waals surface area contributed by atoms with E-state index >= 15 is 0 Å². The summed E-state index contributed by atoms with van der Waals surface area (Å²) in [6, 6.07) is 11.7. The van der Waals surface area contributed by atoms with Crippen LogP contribution in [0.15, 0.2) is 47.4 Å². The van der Waals surface area contributed by atoms with Gasteiger partial charge in [-0.25, -0.2) is 4.39 Å². The van der Waals surface area contributed by atoms with Crippen LogP contribution in [0.3, 0.4) is 0 Å². The van der Waals surface area contributed by atoms with Gasteiger partial charge in [-0.15, -0.1) is 11.8 Å². The highest BCUT2D eigenvalue weighted by Crippen LogP contribution is 2.22. The highest BCUT2D eigenvalue weighted by atomic mass is 35.5. The van der Waals surface area contributed by atoms with E-state index in [-0.39, 0.29) is 10.9 Å². The molecule has 1 N–H and O–H groups in total. The fourth-order valence-electron chi connectivity index (χ4n) is 1.75. The molecule has 0 aliphatic heterocycles. The van der Waals surface area contributed by atoms with E-state index in [0.29, 0.717) is 17.1 Å². The summed E-state index contributed by atoms with van der Waals surface area (Å²) in [4.78, 5) is 12.9. The van der Waals surface area contributed by atoms with Crippen molar-refractivity contribution in [1.82, 2.24) is 0 Å². The molecule has 0 bridgehead atoms. The Morgan fingerprint density at radius 3 is 2.55 bits per heavy atom. The summed E-state index contributed by atoms with van der Waals surface area (Å²) in [5, 5.41) is 3.41. The molecule has 0 radical (unpaired) electrons. The first-order chi connectivity index (χ1) is 10.5. The molecule has 116 valence electrons. The number of carbonyl (C=O) groups is 1. The van der Waals surface area contributed by atoms with Crippen molar-refractivity contribution < 1.29 is 9.18 Å². The Labute approximate surface area is 143 Å². The van der Waals surface area contributed by atoms with Crippen LogP contribution in [0.2, 0.25) is 10.0 Å². The van der Waals surface area contributed by atoms with Crippen LogP contribution in [0.5, 0.6) is 0 Å². The maximum absolute atomic E-state index is 13.0. The fraction of sp³-hybridized carbons (Fsp3) is 0.188. The quantitative estimate of drug-likeness (QED) is 0.535. The highest BCUT2D eigenvalue weighted by Gasteiger charge is 2.05. The maximum atomic E-state index is 13.0. The summed E-state index contributed by atoms with van der Waals surface area (Å²) in [5.74, 6) is 0.220. The van der Waals surface area contributed by atoms with Crippen molar-refractivity contribution in [2.45, 2.75) is 17.7 Å². The van der Waals surface area contributed by atoms with Crippen LogP contribution in [0.4, 0.5) is 10.1 Å². The summed E-state index contributed by atoms with van der Waals surface area (Å²) in [7, 11) is 0. The maximum Gasteiger partial charge on any atom is 0.224 e. The first-order valence-corrected chi connectivity index (χ1v) is 8.42. The van der Waals surface area contributed by atoms with Gasteiger partial charge < -0.3 is 5.32 Å². The number of rotatable bonds is 6. The van der Waals surface area contributed by atoms with Crippen LogP contribution in [0.25, 0.3) is 0 Å². The number of anilines is 1. The van der Waals surface area contributed by atoms with Crippen molar-refractivity contribution in [3.8, 4) is 0 Å². The van der Waals surface area contributed by atoms with Gasteiger partial charge in [0.2, 0.25) is 5.91 Å². The zero-order valence-electron chi connectivity index (χ0n) is 11.6. The van der Waals surface area contributed by atoms with E-state index in [1.807, 2.05) is 24.3 Å². The van der Waals surface area contributed by atoms with Crippen molar-refractivity contribution in [3.63, 3.8) is 0 Å². The lowest BCUT2D eigenvalue weighted by atomic mass is 10.2. The second-order valence-electron chi connectivity index (χ2n) is 4.58. The number of benzene rings is 2. The standard InChI is InChI=1S/C16H14Cl2FNOS/c17-11-3-6-13(7-4-11)22-9-1-2-16(21)20-12-5-8-15(19)14(18)10-12/h3-8,10H,1-2,9H2,(H,20,21). The SMILES string of the molecule is O=C(CCCSc1ccc(Cl)cc1)Nc1ccc(F)c(Cl)c1. The predicted octanol–water partition coefficient (Wildman–Crippen LogP) is 5.64. The molecule has 2 aromatic carbocycles. The molecular formula is C16H14Cl2FNOS. The number of hydrogen-bond acceptors (Lipinski definition) is 2. The van der Waals surface area contributed by atoms with E-state index in [2.05, 4.69) is 5.32 Å². The molecule has 1 amide bonds. The van der Waals surface area contributed by atoms with Gasteiger partial charge in [0, 0.05) is 22.0 Å². The lowest BCUT2D eigenvalue weighted by Gasteiger charge is -2.06. The molecule has 2 aromatic rings. The summed E-state index contributed by atoms with van der Waals surface area (Å²) < 4.78 is 13.0. The van der Waals surface area contributed by atoms with Gasteiger partial charge >= 0.3 is 0 Å². The Balaban J connectivity index is 1.71. The lowest BCUT2D eigenvalue weighted by molar-refractivity contribution is -0.116. The van der Waals surface area contributed by atoms with Crippen molar-refractivity contribution in [3.05, 3.63) is 58.3 Å². The normalized spacial score (nSPS) is 10.5. The van der Waals surface area contributed by atoms with E-state index in [9.17, 15) is 9.18 Å². The Hall–Kier alpha value is -1.23. The Kier molecular flexibility index (Phi) is 6.55. The minimum absolute atomic E-state index is 0.00362. The number of carbonyl (C=O) groups excluding carboxylic acids is 1. The molecule has 0 saturated heterocycles. The van der Waals surface area contributed by atoms with Crippen molar-refractivity contribution in [1.29, 1.82) is 0 Å². The van der Waals surface area contributed by atoms with Gasteiger partial charge in [-0.3, -0.25) is 4.79 Å². The third-order valence-corrected chi connectivity index (χ3v) is 4.47. The van der Waals surface area contributed by atoms with E-state index in [1.165, 1.54) is 18.2 Å². The molecule has 0 aromatic heterocycles. The zero-order chi connectivity index (χ0) is 15.9. The van der Waals surface area contributed by atoms with Gasteiger partial charge in [0.15, 0.2) is 0 Å². The summed E-state index contributed by atoms with van der Waals surface area (Å²) in [6.45, 7) is 0. The van der Waals surface area contributed by atoms with Crippen LogP contribution < -0.4 is 5.32 Å². The molecule has 0 aliphatic rings. The second kappa shape index (κ2) is 8.42. The minimum Gasteiger partial charge on any atom is -0.326 e. The van der Waals surface area contributed by atoms with Crippen LogP contribution >= 0.6 is 35.0 Å². The molecule has 2 nitrogen and oxygen atoms in total. The summed E-state index contributed by atoms with van der Waals surface area (Å²) in [6.07, 6.45) is 1.14.